The smallest absolute Gasteiger partial charge is 0.132 e. The quantitative estimate of drug-likeness (QED) is 0.782. The summed E-state index contributed by atoms with van der Waals surface area (Å²) < 4.78 is 10.6. The zero-order valence-corrected chi connectivity index (χ0v) is 10.8. The van der Waals surface area contributed by atoms with Crippen molar-refractivity contribution in [2.75, 3.05) is 26.5 Å². The molecule has 0 radical (unpaired) electrons. The Labute approximate surface area is 106 Å². The van der Waals surface area contributed by atoms with E-state index in [9.17, 15) is 0 Å². The first-order valence-corrected chi connectivity index (χ1v) is 6.20. The zero-order valence-electron chi connectivity index (χ0n) is 10.0. The van der Waals surface area contributed by atoms with Crippen LogP contribution >= 0.6 is 11.8 Å². The number of hydrogen-bond donors (Lipinski definition) is 1. The van der Waals surface area contributed by atoms with E-state index in [2.05, 4.69) is 6.07 Å². The maximum atomic E-state index is 8.60. The van der Waals surface area contributed by atoms with Gasteiger partial charge in [0.2, 0.25) is 0 Å². The fraction of sp³-hybridized carbons (Fsp3) is 0.417. The summed E-state index contributed by atoms with van der Waals surface area (Å²) in [5.41, 5.74) is 6.57. The molecule has 0 aliphatic carbocycles. The van der Waals surface area contributed by atoms with Gasteiger partial charge in [-0.15, -0.1) is 11.8 Å². The fourth-order valence-electron chi connectivity index (χ4n) is 1.51. The Morgan fingerprint density at radius 3 is 2.53 bits per heavy atom. The third-order valence-corrected chi connectivity index (χ3v) is 3.18. The van der Waals surface area contributed by atoms with Crippen molar-refractivity contribution < 1.29 is 9.47 Å². The molecule has 0 spiro atoms. The normalized spacial score (nSPS) is 9.76. The summed E-state index contributed by atoms with van der Waals surface area (Å²) in [5, 5.41) is 8.60. The molecule has 2 N–H and O–H groups in total. The minimum Gasteiger partial charge on any atom is -0.496 e. The Balaban J connectivity index is 3.09. The van der Waals surface area contributed by atoms with E-state index in [1.807, 2.05) is 12.1 Å². The van der Waals surface area contributed by atoms with Crippen LogP contribution in [-0.2, 0) is 6.42 Å². The Bertz CT molecular complexity index is 416. The maximum Gasteiger partial charge on any atom is 0.132 e. The Morgan fingerprint density at radius 1 is 1.29 bits per heavy atom. The molecule has 1 aromatic rings. The van der Waals surface area contributed by atoms with Crippen LogP contribution in [0, 0.1) is 11.3 Å². The molecule has 0 bridgehead atoms. The number of nitrogens with zero attached hydrogens (tertiary/aromatic N) is 1. The largest absolute Gasteiger partial charge is 0.496 e. The maximum absolute atomic E-state index is 8.60. The zero-order chi connectivity index (χ0) is 12.7. The number of ether oxygens (including phenoxy) is 2. The SMILES string of the molecule is COc1cc(SCC#N)c(OC)cc1CCN. The molecule has 0 saturated carbocycles. The molecular weight excluding hydrogens is 236 g/mol. The molecule has 0 amide bonds. The molecule has 17 heavy (non-hydrogen) atoms. The van der Waals surface area contributed by atoms with Crippen molar-refractivity contribution in [3.63, 3.8) is 0 Å². The second-order valence-electron chi connectivity index (χ2n) is 3.30. The molecule has 1 aromatic carbocycles. The van der Waals surface area contributed by atoms with Gasteiger partial charge >= 0.3 is 0 Å². The average Bonchev–Trinajstić information content (AvgIpc) is 2.36. The number of thioether (sulfide) groups is 1. The molecule has 92 valence electrons. The third-order valence-electron chi connectivity index (χ3n) is 2.27. The monoisotopic (exact) mass is 252 g/mol. The van der Waals surface area contributed by atoms with Crippen LogP contribution in [0.3, 0.4) is 0 Å². The molecule has 5 heteroatoms. The highest BCUT2D eigenvalue weighted by Crippen LogP contribution is 2.35. The molecule has 0 aliphatic rings. The number of benzene rings is 1. The van der Waals surface area contributed by atoms with Crippen molar-refractivity contribution in [1.29, 1.82) is 5.26 Å². The molecule has 0 heterocycles. The lowest BCUT2D eigenvalue weighted by atomic mass is 10.1. The summed E-state index contributed by atoms with van der Waals surface area (Å²) >= 11 is 1.43. The summed E-state index contributed by atoms with van der Waals surface area (Å²) in [5.74, 6) is 1.93. The molecule has 0 unspecified atom stereocenters. The number of methoxy groups -OCH3 is 2. The van der Waals surface area contributed by atoms with Gasteiger partial charge in [0.25, 0.3) is 0 Å². The van der Waals surface area contributed by atoms with Gasteiger partial charge in [-0.05, 0) is 30.7 Å². The van der Waals surface area contributed by atoms with Crippen LogP contribution in [0.1, 0.15) is 5.56 Å². The van der Waals surface area contributed by atoms with E-state index in [1.165, 1.54) is 11.8 Å². The van der Waals surface area contributed by atoms with Gasteiger partial charge in [-0.1, -0.05) is 0 Å². The first-order valence-electron chi connectivity index (χ1n) is 5.21. The summed E-state index contributed by atoms with van der Waals surface area (Å²) in [6.07, 6.45) is 0.739. The lowest BCUT2D eigenvalue weighted by Gasteiger charge is -2.13. The minimum atomic E-state index is 0.385. The van der Waals surface area contributed by atoms with E-state index in [4.69, 9.17) is 20.5 Å². The van der Waals surface area contributed by atoms with Crippen LogP contribution in [0.25, 0.3) is 0 Å². The highest BCUT2D eigenvalue weighted by atomic mass is 32.2. The molecule has 0 saturated heterocycles. The molecule has 0 aromatic heterocycles. The van der Waals surface area contributed by atoms with Crippen molar-refractivity contribution in [2.24, 2.45) is 5.73 Å². The van der Waals surface area contributed by atoms with Gasteiger partial charge in [-0.25, -0.2) is 0 Å². The molecular formula is C12H16N2O2S. The van der Waals surface area contributed by atoms with E-state index in [0.29, 0.717) is 12.3 Å². The summed E-state index contributed by atoms with van der Waals surface area (Å²) in [4.78, 5) is 0.909. The standard InChI is InChI=1S/C12H16N2O2S/c1-15-10-8-12(17-6-5-14)11(16-2)7-9(10)3-4-13/h7-8H,3-4,6,13H2,1-2H3. The Kier molecular flexibility index (Phi) is 5.67. The Morgan fingerprint density at radius 2 is 2.00 bits per heavy atom. The highest BCUT2D eigenvalue weighted by molar-refractivity contribution is 7.99. The number of hydrogen-bond acceptors (Lipinski definition) is 5. The predicted molar refractivity (Wildman–Crippen MR) is 68.6 cm³/mol. The second-order valence-corrected chi connectivity index (χ2v) is 4.32. The van der Waals surface area contributed by atoms with Gasteiger partial charge in [-0.3, -0.25) is 0 Å². The topological polar surface area (TPSA) is 68.3 Å². The number of nitriles is 1. The summed E-state index contributed by atoms with van der Waals surface area (Å²) in [6.45, 7) is 0.560. The van der Waals surface area contributed by atoms with Gasteiger partial charge in [0.05, 0.1) is 30.9 Å². The third kappa shape index (κ3) is 3.55. The van der Waals surface area contributed by atoms with Crippen LogP contribution in [0.2, 0.25) is 0 Å². The van der Waals surface area contributed by atoms with Crippen LogP contribution < -0.4 is 15.2 Å². The molecule has 0 fully saturated rings. The van der Waals surface area contributed by atoms with Crippen LogP contribution in [0.4, 0.5) is 0 Å². The van der Waals surface area contributed by atoms with Gasteiger partial charge < -0.3 is 15.2 Å². The van der Waals surface area contributed by atoms with Gasteiger partial charge in [0, 0.05) is 0 Å². The van der Waals surface area contributed by atoms with Crippen molar-refractivity contribution in [3.8, 4) is 17.6 Å². The lowest BCUT2D eigenvalue weighted by Crippen LogP contribution is -2.05. The van der Waals surface area contributed by atoms with Crippen molar-refractivity contribution in [2.45, 2.75) is 11.3 Å². The Hall–Kier alpha value is -1.38. The van der Waals surface area contributed by atoms with Gasteiger partial charge in [0.1, 0.15) is 11.5 Å². The van der Waals surface area contributed by atoms with Crippen LogP contribution in [0.5, 0.6) is 11.5 Å². The number of rotatable bonds is 6. The van der Waals surface area contributed by atoms with Crippen molar-refractivity contribution >= 4 is 11.8 Å². The molecule has 4 nitrogen and oxygen atoms in total. The molecule has 1 rings (SSSR count). The lowest BCUT2D eigenvalue weighted by molar-refractivity contribution is 0.390. The second kappa shape index (κ2) is 7.05. The van der Waals surface area contributed by atoms with E-state index in [1.54, 1.807) is 14.2 Å². The van der Waals surface area contributed by atoms with E-state index in [-0.39, 0.29) is 0 Å². The first kappa shape index (κ1) is 13.7. The molecule has 0 atom stereocenters. The van der Waals surface area contributed by atoms with Gasteiger partial charge in [0.15, 0.2) is 0 Å². The fourth-order valence-corrected chi connectivity index (χ4v) is 2.20. The number of nitrogens with two attached hydrogens (primary N) is 1. The van der Waals surface area contributed by atoms with Crippen molar-refractivity contribution in [1.82, 2.24) is 0 Å². The van der Waals surface area contributed by atoms with E-state index >= 15 is 0 Å². The van der Waals surface area contributed by atoms with Gasteiger partial charge in [-0.2, -0.15) is 5.26 Å². The van der Waals surface area contributed by atoms with Crippen LogP contribution in [-0.4, -0.2) is 26.5 Å². The summed E-state index contributed by atoms with van der Waals surface area (Å²) in [6, 6.07) is 5.91. The van der Waals surface area contributed by atoms with Crippen LogP contribution in [0.15, 0.2) is 17.0 Å². The highest BCUT2D eigenvalue weighted by Gasteiger charge is 2.11. The average molecular weight is 252 g/mol. The van der Waals surface area contributed by atoms with E-state index in [0.717, 1.165) is 28.4 Å². The molecule has 0 aliphatic heterocycles. The first-order chi connectivity index (χ1) is 8.26. The van der Waals surface area contributed by atoms with Crippen molar-refractivity contribution in [3.05, 3.63) is 17.7 Å². The minimum absolute atomic E-state index is 0.385. The summed E-state index contributed by atoms with van der Waals surface area (Å²) in [7, 11) is 3.24. The predicted octanol–water partition coefficient (Wildman–Crippen LogP) is 1.82. The van der Waals surface area contributed by atoms with E-state index < -0.39 is 0 Å².